The number of hydrogen-bond acceptors (Lipinski definition) is 4. The zero-order valence-electron chi connectivity index (χ0n) is 13.8. The number of amides is 1. The van der Waals surface area contributed by atoms with Gasteiger partial charge in [0.1, 0.15) is 5.69 Å². The molecule has 0 saturated heterocycles. The molecule has 1 atom stereocenters. The number of aliphatic hydroxyl groups excluding tert-OH is 1. The fourth-order valence-electron chi connectivity index (χ4n) is 2.94. The number of anilines is 1. The summed E-state index contributed by atoms with van der Waals surface area (Å²) in [7, 11) is 0. The molecule has 7 heteroatoms. The first kappa shape index (κ1) is 18.3. The summed E-state index contributed by atoms with van der Waals surface area (Å²) in [5.74, 6) is -0.283. The van der Waals surface area contributed by atoms with Crippen LogP contribution < -0.4 is 5.32 Å². The van der Waals surface area contributed by atoms with Gasteiger partial charge in [0.2, 0.25) is 0 Å². The molecule has 0 aliphatic carbocycles. The molecular formula is C18H19BrClN3O2. The summed E-state index contributed by atoms with van der Waals surface area (Å²) in [5.41, 5.74) is 3.15. The predicted molar refractivity (Wildman–Crippen MR) is 102 cm³/mol. The smallest absolute Gasteiger partial charge is 0.274 e. The van der Waals surface area contributed by atoms with Crippen molar-refractivity contribution in [1.29, 1.82) is 0 Å². The number of rotatable bonds is 4. The lowest BCUT2D eigenvalue weighted by atomic mass is 10.0. The van der Waals surface area contributed by atoms with Gasteiger partial charge in [0.25, 0.3) is 5.91 Å². The normalized spacial score (nSPS) is 15.5. The number of carbonyl (C=O) groups is 1. The van der Waals surface area contributed by atoms with Crippen LogP contribution in [0.1, 0.15) is 28.5 Å². The summed E-state index contributed by atoms with van der Waals surface area (Å²) in [4.78, 5) is 19.0. The van der Waals surface area contributed by atoms with Crippen LogP contribution in [0.3, 0.4) is 0 Å². The Morgan fingerprint density at radius 1 is 1.48 bits per heavy atom. The van der Waals surface area contributed by atoms with E-state index < -0.39 is 0 Å². The van der Waals surface area contributed by atoms with E-state index in [-0.39, 0.29) is 12.0 Å². The molecule has 2 heterocycles. The molecule has 1 aromatic carbocycles. The molecule has 1 unspecified atom stereocenters. The van der Waals surface area contributed by atoms with Crippen molar-refractivity contribution in [2.24, 2.45) is 0 Å². The standard InChI is InChI=1S/C18H19BrClN3O2/c1-11(24)9-23-6-5-12-7-16(21-8-13(12)10-23)18(25)22-15-4-2-3-14(19)17(15)20/h2-4,7-8,11,24H,5-6,9-10H2,1H3,(H,22,25). The van der Waals surface area contributed by atoms with Crippen molar-refractivity contribution >= 4 is 39.1 Å². The molecule has 0 fully saturated rings. The van der Waals surface area contributed by atoms with Crippen LogP contribution in [-0.2, 0) is 13.0 Å². The highest BCUT2D eigenvalue weighted by molar-refractivity contribution is 9.10. The van der Waals surface area contributed by atoms with Gasteiger partial charge in [-0.1, -0.05) is 17.7 Å². The summed E-state index contributed by atoms with van der Waals surface area (Å²) in [6.45, 7) is 4.03. The number of β-amino-alcohol motifs (C(OH)–C–C–N with tert-alkyl or cyclic N) is 1. The van der Waals surface area contributed by atoms with Crippen LogP contribution in [-0.4, -0.2) is 40.1 Å². The zero-order chi connectivity index (χ0) is 18.0. The average molecular weight is 425 g/mol. The van der Waals surface area contributed by atoms with Crippen molar-refractivity contribution < 1.29 is 9.90 Å². The largest absolute Gasteiger partial charge is 0.392 e. The van der Waals surface area contributed by atoms with E-state index >= 15 is 0 Å². The number of aliphatic hydroxyl groups is 1. The van der Waals surface area contributed by atoms with E-state index in [1.54, 1.807) is 19.2 Å². The van der Waals surface area contributed by atoms with E-state index in [1.807, 2.05) is 18.2 Å². The number of carbonyl (C=O) groups excluding carboxylic acids is 1. The monoisotopic (exact) mass is 423 g/mol. The number of aromatic nitrogens is 1. The second kappa shape index (κ2) is 7.83. The summed E-state index contributed by atoms with van der Waals surface area (Å²) in [5, 5.41) is 12.8. The van der Waals surface area contributed by atoms with Crippen molar-refractivity contribution in [3.05, 3.63) is 56.8 Å². The average Bonchev–Trinajstić information content (AvgIpc) is 2.58. The Morgan fingerprint density at radius 3 is 3.04 bits per heavy atom. The first-order valence-corrected chi connectivity index (χ1v) is 9.24. The number of nitrogens with zero attached hydrogens (tertiary/aromatic N) is 2. The number of pyridine rings is 1. The highest BCUT2D eigenvalue weighted by Crippen LogP contribution is 2.30. The van der Waals surface area contributed by atoms with Crippen LogP contribution in [0, 0.1) is 0 Å². The summed E-state index contributed by atoms with van der Waals surface area (Å²) < 4.78 is 0.726. The lowest BCUT2D eigenvalue weighted by molar-refractivity contribution is 0.102. The maximum absolute atomic E-state index is 12.5. The van der Waals surface area contributed by atoms with E-state index in [4.69, 9.17) is 11.6 Å². The topological polar surface area (TPSA) is 65.5 Å². The molecule has 25 heavy (non-hydrogen) atoms. The minimum Gasteiger partial charge on any atom is -0.392 e. The highest BCUT2D eigenvalue weighted by Gasteiger charge is 2.20. The van der Waals surface area contributed by atoms with Gasteiger partial charge in [0, 0.05) is 30.3 Å². The Kier molecular flexibility index (Phi) is 5.74. The third kappa shape index (κ3) is 4.39. The molecule has 1 aromatic heterocycles. The van der Waals surface area contributed by atoms with Gasteiger partial charge in [0.15, 0.2) is 0 Å². The zero-order valence-corrected chi connectivity index (χ0v) is 16.1. The molecule has 5 nitrogen and oxygen atoms in total. The first-order chi connectivity index (χ1) is 11.9. The molecule has 0 saturated carbocycles. The van der Waals surface area contributed by atoms with Crippen molar-refractivity contribution in [2.45, 2.75) is 26.0 Å². The quantitative estimate of drug-likeness (QED) is 0.788. The molecule has 2 N–H and O–H groups in total. The fraction of sp³-hybridized carbons (Fsp3) is 0.333. The molecule has 0 spiro atoms. The third-order valence-electron chi connectivity index (χ3n) is 4.13. The fourth-order valence-corrected chi connectivity index (χ4v) is 3.48. The van der Waals surface area contributed by atoms with E-state index in [0.717, 1.165) is 35.1 Å². The maximum atomic E-state index is 12.5. The summed E-state index contributed by atoms with van der Waals surface area (Å²) in [6.07, 6.45) is 2.23. The number of hydrogen-bond donors (Lipinski definition) is 2. The van der Waals surface area contributed by atoms with Gasteiger partial charge in [-0.2, -0.15) is 0 Å². The lowest BCUT2D eigenvalue weighted by Gasteiger charge is -2.29. The number of halogens is 2. The Balaban J connectivity index is 1.74. The van der Waals surface area contributed by atoms with Crippen molar-refractivity contribution in [3.8, 4) is 0 Å². The maximum Gasteiger partial charge on any atom is 0.274 e. The second-order valence-corrected chi connectivity index (χ2v) is 7.46. The van der Waals surface area contributed by atoms with E-state index in [1.165, 1.54) is 0 Å². The van der Waals surface area contributed by atoms with E-state index in [2.05, 4.69) is 31.1 Å². The van der Waals surface area contributed by atoms with Gasteiger partial charge < -0.3 is 10.4 Å². The summed E-state index contributed by atoms with van der Waals surface area (Å²) in [6, 6.07) is 7.21. The van der Waals surface area contributed by atoms with Crippen LogP contribution in [0.4, 0.5) is 5.69 Å². The molecule has 3 rings (SSSR count). The summed E-state index contributed by atoms with van der Waals surface area (Å²) >= 11 is 9.53. The highest BCUT2D eigenvalue weighted by atomic mass is 79.9. The molecule has 1 amide bonds. The van der Waals surface area contributed by atoms with Crippen LogP contribution in [0.15, 0.2) is 34.9 Å². The molecule has 1 aliphatic rings. The Morgan fingerprint density at radius 2 is 2.28 bits per heavy atom. The molecule has 132 valence electrons. The van der Waals surface area contributed by atoms with Gasteiger partial charge in [-0.25, -0.2) is 0 Å². The lowest BCUT2D eigenvalue weighted by Crippen LogP contribution is -2.35. The molecule has 0 bridgehead atoms. The van der Waals surface area contributed by atoms with Crippen LogP contribution >= 0.6 is 27.5 Å². The molecule has 1 aliphatic heterocycles. The van der Waals surface area contributed by atoms with Crippen LogP contribution in [0.2, 0.25) is 5.02 Å². The first-order valence-electron chi connectivity index (χ1n) is 8.07. The second-order valence-electron chi connectivity index (χ2n) is 6.23. The minimum absolute atomic E-state index is 0.283. The minimum atomic E-state index is -0.352. The van der Waals surface area contributed by atoms with Gasteiger partial charge in [0.05, 0.1) is 16.8 Å². The molecule has 0 radical (unpaired) electrons. The van der Waals surface area contributed by atoms with Crippen LogP contribution in [0.25, 0.3) is 0 Å². The van der Waals surface area contributed by atoms with Crippen molar-refractivity contribution in [1.82, 2.24) is 9.88 Å². The SMILES string of the molecule is CC(O)CN1CCc2cc(C(=O)Nc3cccc(Br)c3Cl)ncc2C1. The third-order valence-corrected chi connectivity index (χ3v) is 5.43. The number of benzene rings is 1. The van der Waals surface area contributed by atoms with Crippen molar-refractivity contribution in [2.75, 3.05) is 18.4 Å². The van der Waals surface area contributed by atoms with Crippen LogP contribution in [0.5, 0.6) is 0 Å². The van der Waals surface area contributed by atoms with E-state index in [9.17, 15) is 9.90 Å². The van der Waals surface area contributed by atoms with Gasteiger partial charge in [-0.05, 0) is 58.6 Å². The Bertz CT molecular complexity index is 798. The Labute approximate surface area is 160 Å². The molecular weight excluding hydrogens is 406 g/mol. The van der Waals surface area contributed by atoms with Gasteiger partial charge in [-0.3, -0.25) is 14.7 Å². The Hall–Kier alpha value is -1.47. The number of nitrogens with one attached hydrogen (secondary N) is 1. The molecule has 2 aromatic rings. The predicted octanol–water partition coefficient (Wildman–Crippen LogP) is 3.49. The number of fused-ring (bicyclic) bond motifs is 1. The van der Waals surface area contributed by atoms with Gasteiger partial charge >= 0.3 is 0 Å². The van der Waals surface area contributed by atoms with Crippen molar-refractivity contribution in [3.63, 3.8) is 0 Å². The van der Waals surface area contributed by atoms with E-state index in [0.29, 0.717) is 22.9 Å². The van der Waals surface area contributed by atoms with Gasteiger partial charge in [-0.15, -0.1) is 0 Å².